The number of carbonyl (C=O) groups excluding carboxylic acids is 1. The zero-order valence-corrected chi connectivity index (χ0v) is 36.8. The smallest absolute Gasteiger partial charge is 0.321 e. The molecular weight excluding hydrogens is 904 g/mol. The highest BCUT2D eigenvalue weighted by Crippen LogP contribution is 2.46. The van der Waals surface area contributed by atoms with Crippen LogP contribution in [-0.4, -0.2) is 79.0 Å². The van der Waals surface area contributed by atoms with Gasteiger partial charge in [-0.15, -0.1) is 5.10 Å². The van der Waals surface area contributed by atoms with Gasteiger partial charge in [0.1, 0.15) is 22.9 Å². The Labute approximate surface area is 373 Å². The average Bonchev–Trinajstić information content (AvgIpc) is 4.12. The molecule has 3 heterocycles. The van der Waals surface area contributed by atoms with Crippen molar-refractivity contribution in [2.75, 3.05) is 11.9 Å². The number of aryl methyl sites for hydroxylation is 2. The fraction of sp³-hybridized carbons (Fsp3) is 0.442. The molecule has 2 aromatic carbocycles. The lowest BCUT2D eigenvalue weighted by molar-refractivity contribution is -0.121. The van der Waals surface area contributed by atoms with E-state index >= 15 is 0 Å². The number of fused-ring (bicyclic) bond motifs is 1. The number of hydrogen-bond acceptors (Lipinski definition) is 12. The second-order valence-corrected chi connectivity index (χ2v) is 20.6. The van der Waals surface area contributed by atoms with Crippen LogP contribution in [0.3, 0.4) is 0 Å². The van der Waals surface area contributed by atoms with Crippen LogP contribution in [0.5, 0.6) is 0 Å². The molecule has 0 unspecified atom stereocenters. The van der Waals surface area contributed by atoms with E-state index in [9.17, 15) is 44.7 Å². The van der Waals surface area contributed by atoms with Gasteiger partial charge in [0.2, 0.25) is 11.8 Å². The number of anilines is 2. The SMILES string of the molecule is Cn1nc(Nc2nnc(C3(O)CC3)o2)c2c(Cl)ccc(-c3ccc(CCC(C)(C)S(=O)(=O)C4CC4)nc3[C@H](Cc3cc(F)cc(F)c3)NC(=O)CNC3=C(C(=N)C(F)F)CCC3(F)F)c21. The summed E-state index contributed by atoms with van der Waals surface area (Å²) in [5.74, 6) is -6.22. The number of benzene rings is 2. The highest BCUT2D eigenvalue weighted by atomic mass is 35.5. The van der Waals surface area contributed by atoms with Crippen molar-refractivity contribution >= 4 is 55.8 Å². The molecule has 2 saturated carbocycles. The number of allylic oxidation sites excluding steroid dienone is 2. The van der Waals surface area contributed by atoms with Gasteiger partial charge in [0, 0.05) is 41.9 Å². The Morgan fingerprint density at radius 2 is 1.75 bits per heavy atom. The first-order chi connectivity index (χ1) is 30.6. The molecule has 0 spiro atoms. The summed E-state index contributed by atoms with van der Waals surface area (Å²) in [4.78, 5) is 18.9. The minimum absolute atomic E-state index is 0.0274. The van der Waals surface area contributed by atoms with Gasteiger partial charge in [-0.1, -0.05) is 28.8 Å². The van der Waals surface area contributed by atoms with Crippen LogP contribution in [-0.2, 0) is 40.1 Å². The monoisotopic (exact) mass is 947 g/mol. The first kappa shape index (κ1) is 46.0. The second kappa shape index (κ2) is 17.0. The molecule has 0 aliphatic heterocycles. The van der Waals surface area contributed by atoms with Gasteiger partial charge in [-0.3, -0.25) is 25.2 Å². The first-order valence-electron chi connectivity index (χ1n) is 20.8. The number of amides is 1. The molecule has 5 N–H and O–H groups in total. The summed E-state index contributed by atoms with van der Waals surface area (Å²) in [7, 11) is -1.88. The maximum Gasteiger partial charge on any atom is 0.321 e. The molecule has 2 fully saturated rings. The maximum absolute atomic E-state index is 15.0. The summed E-state index contributed by atoms with van der Waals surface area (Å²) in [6, 6.07) is 7.99. The van der Waals surface area contributed by atoms with Crippen molar-refractivity contribution in [3.05, 3.63) is 93.2 Å². The molecule has 346 valence electrons. The van der Waals surface area contributed by atoms with Crippen molar-refractivity contribution < 1.29 is 49.1 Å². The van der Waals surface area contributed by atoms with E-state index in [-0.39, 0.29) is 53.3 Å². The van der Waals surface area contributed by atoms with Gasteiger partial charge in [-0.05, 0) is 95.0 Å². The van der Waals surface area contributed by atoms with E-state index in [1.165, 1.54) is 4.68 Å². The van der Waals surface area contributed by atoms with Gasteiger partial charge in [-0.2, -0.15) is 13.9 Å². The lowest BCUT2D eigenvalue weighted by atomic mass is 9.93. The highest BCUT2D eigenvalue weighted by Gasteiger charge is 2.48. The number of aliphatic hydroxyl groups is 1. The molecule has 1 amide bonds. The maximum atomic E-state index is 15.0. The Balaban J connectivity index is 1.21. The molecule has 3 aromatic heterocycles. The van der Waals surface area contributed by atoms with Crippen LogP contribution < -0.4 is 16.0 Å². The lowest BCUT2D eigenvalue weighted by Gasteiger charge is -2.26. The summed E-state index contributed by atoms with van der Waals surface area (Å²) in [6.45, 7) is 2.41. The van der Waals surface area contributed by atoms with Gasteiger partial charge in [0.25, 0.3) is 12.3 Å². The molecule has 5 aromatic rings. The molecular formula is C43H44ClF6N9O5S. The molecule has 3 aliphatic carbocycles. The molecule has 3 aliphatic rings. The number of carbonyl (C=O) groups is 1. The average molecular weight is 948 g/mol. The summed E-state index contributed by atoms with van der Waals surface area (Å²) in [5, 5.41) is 38.9. The predicted molar refractivity (Wildman–Crippen MR) is 228 cm³/mol. The van der Waals surface area contributed by atoms with Gasteiger partial charge < -0.3 is 20.2 Å². The van der Waals surface area contributed by atoms with Crippen molar-refractivity contribution in [2.45, 2.75) is 106 Å². The van der Waals surface area contributed by atoms with Crippen LogP contribution in [0.2, 0.25) is 5.02 Å². The third kappa shape index (κ3) is 9.31. The molecule has 22 heteroatoms. The molecule has 1 atom stereocenters. The summed E-state index contributed by atoms with van der Waals surface area (Å²) in [6.07, 6.45) is -2.67. The number of nitrogens with one attached hydrogen (secondary N) is 4. The van der Waals surface area contributed by atoms with Gasteiger partial charge in [-0.25, -0.2) is 26.0 Å². The van der Waals surface area contributed by atoms with Crippen LogP contribution in [0.25, 0.3) is 22.0 Å². The van der Waals surface area contributed by atoms with Crippen LogP contribution in [0.4, 0.5) is 38.2 Å². The molecule has 14 nitrogen and oxygen atoms in total. The van der Waals surface area contributed by atoms with Crippen molar-refractivity contribution in [2.24, 2.45) is 7.05 Å². The minimum Gasteiger partial charge on any atom is -0.405 e. The van der Waals surface area contributed by atoms with Gasteiger partial charge in [0.15, 0.2) is 15.7 Å². The van der Waals surface area contributed by atoms with Crippen LogP contribution >= 0.6 is 11.6 Å². The molecule has 65 heavy (non-hydrogen) atoms. The Bertz CT molecular complexity index is 2840. The zero-order valence-electron chi connectivity index (χ0n) is 35.2. The van der Waals surface area contributed by atoms with Crippen molar-refractivity contribution in [3.8, 4) is 11.1 Å². The van der Waals surface area contributed by atoms with Crippen LogP contribution in [0.1, 0.15) is 87.7 Å². The fourth-order valence-electron chi connectivity index (χ4n) is 8.11. The Morgan fingerprint density at radius 3 is 2.42 bits per heavy atom. The zero-order chi connectivity index (χ0) is 46.8. The molecule has 8 rings (SSSR count). The van der Waals surface area contributed by atoms with Crippen molar-refractivity contribution in [1.29, 1.82) is 5.41 Å². The quantitative estimate of drug-likeness (QED) is 0.0422. The van der Waals surface area contributed by atoms with Gasteiger partial charge in [0.05, 0.1) is 49.9 Å². The van der Waals surface area contributed by atoms with E-state index in [4.69, 9.17) is 26.4 Å². The van der Waals surface area contributed by atoms with E-state index < -0.39 is 97.7 Å². The fourth-order valence-corrected chi connectivity index (χ4v) is 10.4. The number of alkyl halides is 4. The number of rotatable bonds is 18. The van der Waals surface area contributed by atoms with E-state index in [0.717, 1.165) is 12.1 Å². The first-order valence-corrected chi connectivity index (χ1v) is 22.7. The van der Waals surface area contributed by atoms with Crippen molar-refractivity contribution in [1.82, 2.24) is 35.6 Å². The predicted octanol–water partition coefficient (Wildman–Crippen LogP) is 7.92. The third-order valence-corrected chi connectivity index (χ3v) is 15.5. The largest absolute Gasteiger partial charge is 0.405 e. The molecule has 0 saturated heterocycles. The Kier molecular flexibility index (Phi) is 12.1. The highest BCUT2D eigenvalue weighted by molar-refractivity contribution is 7.93. The number of nitrogens with zero attached hydrogens (tertiary/aromatic N) is 5. The summed E-state index contributed by atoms with van der Waals surface area (Å²) < 4.78 is 119. The van der Waals surface area contributed by atoms with E-state index in [0.29, 0.717) is 59.5 Å². The summed E-state index contributed by atoms with van der Waals surface area (Å²) in [5.41, 5.74) is -2.32. The van der Waals surface area contributed by atoms with Crippen LogP contribution in [0, 0.1) is 17.0 Å². The molecule has 0 radical (unpaired) electrons. The van der Waals surface area contributed by atoms with E-state index in [2.05, 4.69) is 31.2 Å². The second-order valence-electron chi connectivity index (χ2n) is 17.3. The number of sulfone groups is 1. The van der Waals surface area contributed by atoms with E-state index in [1.54, 1.807) is 45.2 Å². The number of aromatic nitrogens is 5. The van der Waals surface area contributed by atoms with Gasteiger partial charge >= 0.3 is 6.01 Å². The van der Waals surface area contributed by atoms with E-state index in [1.807, 2.05) is 0 Å². The topological polar surface area (TPSA) is 201 Å². The Hall–Kier alpha value is -5.54. The normalized spacial score (nSPS) is 17.5. The summed E-state index contributed by atoms with van der Waals surface area (Å²) >= 11 is 6.81. The standard InChI is InChI=1S/C43H44ClF6N9O5S/c1-41(2,65(62,63)25-5-6-25)12-10-24-4-7-26(27-8-9-29(44)32-35(27)59(3)58-38(32)55-40-57-56-39(64-40)42(61)14-15-42)34(53-24)30(18-21-16-22(45)19-23(46)17-21)54-31(60)20-52-36-28(33(51)37(47)48)11-13-43(36,49)50/h4,7-9,16-17,19,25,30,37,51-52,61H,5-6,10-15,18,20H2,1-3H3,(H,54,60)(H,55,57,58)/t30-/m0/s1. The lowest BCUT2D eigenvalue weighted by Crippen LogP contribution is -2.40. The number of hydrogen-bond donors (Lipinski definition) is 5. The number of pyridine rings is 1. The van der Waals surface area contributed by atoms with Crippen LogP contribution in [0.15, 0.2) is 58.2 Å². The Morgan fingerprint density at radius 1 is 1.06 bits per heavy atom. The third-order valence-electron chi connectivity index (χ3n) is 12.1. The number of halogens is 7. The van der Waals surface area contributed by atoms with Crippen molar-refractivity contribution in [3.63, 3.8) is 0 Å². The minimum atomic E-state index is -3.64. The molecule has 0 bridgehead atoms.